The van der Waals surface area contributed by atoms with Gasteiger partial charge in [0.1, 0.15) is 18.1 Å². The van der Waals surface area contributed by atoms with E-state index in [1.807, 2.05) is 25.1 Å². The maximum atomic E-state index is 13.1. The Morgan fingerprint density at radius 3 is 2.38 bits per heavy atom. The van der Waals surface area contributed by atoms with E-state index in [1.165, 1.54) is 38.4 Å². The Morgan fingerprint density at radius 2 is 1.69 bits per heavy atom. The minimum absolute atomic E-state index is 0.0116. The molecule has 7 nitrogen and oxygen atoms in total. The molecule has 0 unspecified atom stereocenters. The Hall–Kier alpha value is -3.52. The van der Waals surface area contributed by atoms with Crippen LogP contribution in [0.15, 0.2) is 77.7 Å². The summed E-state index contributed by atoms with van der Waals surface area (Å²) in [5, 5.41) is 0. The number of anilines is 1. The second-order valence-corrected chi connectivity index (χ2v) is 8.78. The van der Waals surface area contributed by atoms with Gasteiger partial charge in [-0.2, -0.15) is 0 Å². The molecule has 0 aliphatic carbocycles. The zero-order valence-corrected chi connectivity index (χ0v) is 19.0. The maximum absolute atomic E-state index is 13.1. The van der Waals surface area contributed by atoms with Crippen molar-refractivity contribution in [2.75, 3.05) is 25.1 Å². The van der Waals surface area contributed by atoms with Gasteiger partial charge in [-0.25, -0.2) is 13.2 Å². The molecule has 3 aromatic rings. The molecule has 0 bridgehead atoms. The molecule has 32 heavy (non-hydrogen) atoms. The number of hydrogen-bond donors (Lipinski definition) is 0. The minimum atomic E-state index is -3.88. The fourth-order valence-electron chi connectivity index (χ4n) is 3.02. The lowest BCUT2D eigenvalue weighted by Gasteiger charge is -2.20. The number of sulfonamides is 1. The number of rotatable bonds is 9. The summed E-state index contributed by atoms with van der Waals surface area (Å²) in [6, 6.07) is 19.7. The van der Waals surface area contributed by atoms with Crippen LogP contribution in [0, 0.1) is 0 Å². The molecule has 0 radical (unpaired) electrons. The molecule has 0 aromatic heterocycles. The third-order valence-corrected chi connectivity index (χ3v) is 6.58. The van der Waals surface area contributed by atoms with Crippen molar-refractivity contribution in [3.63, 3.8) is 0 Å². The van der Waals surface area contributed by atoms with E-state index in [0.717, 1.165) is 9.87 Å². The van der Waals surface area contributed by atoms with Crippen LogP contribution in [-0.2, 0) is 21.4 Å². The number of methoxy groups -OCH3 is 1. The number of carbonyl (C=O) groups excluding carboxylic acids is 1. The average Bonchev–Trinajstić information content (AvgIpc) is 2.83. The van der Waals surface area contributed by atoms with Crippen molar-refractivity contribution in [3.05, 3.63) is 83.9 Å². The fourth-order valence-corrected chi connectivity index (χ4v) is 4.26. The first kappa shape index (κ1) is 23.1. The first-order valence-electron chi connectivity index (χ1n) is 9.97. The van der Waals surface area contributed by atoms with Crippen molar-refractivity contribution in [1.82, 2.24) is 0 Å². The summed E-state index contributed by atoms with van der Waals surface area (Å²) >= 11 is 0. The Labute approximate surface area is 188 Å². The second kappa shape index (κ2) is 10.2. The standard InChI is InChI=1S/C24H25NO6S/c1-4-30-23-11-6-5-8-19(23)17-31-24(26)18-9-7-10-22(16-18)32(27,28)25(2)20-12-14-21(29-3)15-13-20/h5-16H,4,17H2,1-3H3. The zero-order valence-electron chi connectivity index (χ0n) is 18.1. The Kier molecular flexibility index (Phi) is 7.37. The topological polar surface area (TPSA) is 82.1 Å². The van der Waals surface area contributed by atoms with Crippen molar-refractivity contribution >= 4 is 21.7 Å². The number of nitrogens with zero attached hydrogens (tertiary/aromatic N) is 1. The van der Waals surface area contributed by atoms with Crippen LogP contribution in [0.2, 0.25) is 0 Å². The van der Waals surface area contributed by atoms with Gasteiger partial charge in [-0.1, -0.05) is 24.3 Å². The predicted molar refractivity (Wildman–Crippen MR) is 122 cm³/mol. The number of carbonyl (C=O) groups is 1. The van der Waals surface area contributed by atoms with Gasteiger partial charge in [0.15, 0.2) is 0 Å². The molecular weight excluding hydrogens is 430 g/mol. The predicted octanol–water partition coefficient (Wildman–Crippen LogP) is 4.28. The molecule has 0 aliphatic heterocycles. The van der Waals surface area contributed by atoms with Crippen LogP contribution in [0.3, 0.4) is 0 Å². The molecule has 0 N–H and O–H groups in total. The minimum Gasteiger partial charge on any atom is -0.497 e. The monoisotopic (exact) mass is 455 g/mol. The fraction of sp³-hybridized carbons (Fsp3) is 0.208. The summed E-state index contributed by atoms with van der Waals surface area (Å²) in [6.45, 7) is 2.38. The number of hydrogen-bond acceptors (Lipinski definition) is 6. The number of para-hydroxylation sites is 1. The number of esters is 1. The van der Waals surface area contributed by atoms with Crippen LogP contribution in [0.25, 0.3) is 0 Å². The molecule has 0 amide bonds. The number of benzene rings is 3. The second-order valence-electron chi connectivity index (χ2n) is 6.82. The highest BCUT2D eigenvalue weighted by molar-refractivity contribution is 7.92. The Bertz CT molecular complexity index is 1180. The smallest absolute Gasteiger partial charge is 0.338 e. The van der Waals surface area contributed by atoms with E-state index >= 15 is 0 Å². The molecule has 168 valence electrons. The lowest BCUT2D eigenvalue weighted by molar-refractivity contribution is 0.0469. The molecule has 3 rings (SSSR count). The summed E-state index contributed by atoms with van der Waals surface area (Å²) in [4.78, 5) is 12.6. The molecular formula is C24H25NO6S. The van der Waals surface area contributed by atoms with E-state index < -0.39 is 16.0 Å². The Morgan fingerprint density at radius 1 is 0.969 bits per heavy atom. The first-order chi connectivity index (χ1) is 15.4. The summed E-state index contributed by atoms with van der Waals surface area (Å²) in [6.07, 6.45) is 0. The zero-order chi connectivity index (χ0) is 23.1. The number of ether oxygens (including phenoxy) is 3. The maximum Gasteiger partial charge on any atom is 0.338 e. The van der Waals surface area contributed by atoms with Crippen LogP contribution in [0.4, 0.5) is 5.69 Å². The van der Waals surface area contributed by atoms with Crippen molar-refractivity contribution in [3.8, 4) is 11.5 Å². The van der Waals surface area contributed by atoms with E-state index in [1.54, 1.807) is 30.3 Å². The summed E-state index contributed by atoms with van der Waals surface area (Å²) in [7, 11) is -0.896. The van der Waals surface area contributed by atoms with Crippen LogP contribution in [0.5, 0.6) is 11.5 Å². The van der Waals surface area contributed by atoms with Gasteiger partial charge in [-0.3, -0.25) is 4.31 Å². The van der Waals surface area contributed by atoms with E-state index in [9.17, 15) is 13.2 Å². The summed E-state index contributed by atoms with van der Waals surface area (Å²) in [5.41, 5.74) is 1.33. The van der Waals surface area contributed by atoms with Crippen LogP contribution < -0.4 is 13.8 Å². The molecule has 0 heterocycles. The Balaban J connectivity index is 1.77. The molecule has 3 aromatic carbocycles. The highest BCUT2D eigenvalue weighted by Crippen LogP contribution is 2.25. The van der Waals surface area contributed by atoms with Gasteiger partial charge in [0.05, 0.1) is 29.9 Å². The van der Waals surface area contributed by atoms with Gasteiger partial charge >= 0.3 is 5.97 Å². The lowest BCUT2D eigenvalue weighted by Crippen LogP contribution is -2.26. The van der Waals surface area contributed by atoms with Crippen LogP contribution in [-0.4, -0.2) is 35.2 Å². The molecule has 0 saturated carbocycles. The molecule has 0 saturated heterocycles. The molecule has 0 aliphatic rings. The normalized spacial score (nSPS) is 11.0. The first-order valence-corrected chi connectivity index (χ1v) is 11.4. The highest BCUT2D eigenvalue weighted by atomic mass is 32.2. The van der Waals surface area contributed by atoms with Crippen molar-refractivity contribution in [2.24, 2.45) is 0 Å². The summed E-state index contributed by atoms with van der Waals surface area (Å²) < 4.78 is 43.4. The van der Waals surface area contributed by atoms with Crippen molar-refractivity contribution in [1.29, 1.82) is 0 Å². The van der Waals surface area contributed by atoms with Gasteiger partial charge in [0, 0.05) is 12.6 Å². The largest absolute Gasteiger partial charge is 0.497 e. The molecule has 0 atom stereocenters. The average molecular weight is 456 g/mol. The van der Waals surface area contributed by atoms with Crippen LogP contribution in [0.1, 0.15) is 22.8 Å². The van der Waals surface area contributed by atoms with Gasteiger partial charge in [-0.15, -0.1) is 0 Å². The molecule has 8 heteroatoms. The highest BCUT2D eigenvalue weighted by Gasteiger charge is 2.23. The quantitative estimate of drug-likeness (QED) is 0.448. The SMILES string of the molecule is CCOc1ccccc1COC(=O)c1cccc(S(=O)(=O)N(C)c2ccc(OC)cc2)c1. The molecule has 0 spiro atoms. The van der Waals surface area contributed by atoms with Gasteiger partial charge in [0.2, 0.25) is 0 Å². The third-order valence-electron chi connectivity index (χ3n) is 4.80. The van der Waals surface area contributed by atoms with E-state index in [4.69, 9.17) is 14.2 Å². The van der Waals surface area contributed by atoms with Crippen LogP contribution >= 0.6 is 0 Å². The van der Waals surface area contributed by atoms with Crippen molar-refractivity contribution < 1.29 is 27.4 Å². The summed E-state index contributed by atoms with van der Waals surface area (Å²) in [5.74, 6) is 0.635. The van der Waals surface area contributed by atoms with E-state index in [-0.39, 0.29) is 17.1 Å². The lowest BCUT2D eigenvalue weighted by atomic mass is 10.2. The van der Waals surface area contributed by atoms with Crippen molar-refractivity contribution in [2.45, 2.75) is 18.4 Å². The van der Waals surface area contributed by atoms with Gasteiger partial charge in [-0.05, 0) is 55.5 Å². The van der Waals surface area contributed by atoms with Gasteiger partial charge < -0.3 is 14.2 Å². The molecule has 0 fully saturated rings. The van der Waals surface area contributed by atoms with E-state index in [0.29, 0.717) is 23.8 Å². The third kappa shape index (κ3) is 5.20. The van der Waals surface area contributed by atoms with Gasteiger partial charge in [0.25, 0.3) is 10.0 Å². The van der Waals surface area contributed by atoms with E-state index in [2.05, 4.69) is 0 Å².